The third-order valence-corrected chi connectivity index (χ3v) is 5.66. The molecule has 0 aliphatic carbocycles. The van der Waals surface area contributed by atoms with Crippen LogP contribution < -0.4 is 5.32 Å². The molecule has 0 fully saturated rings. The fourth-order valence-electron chi connectivity index (χ4n) is 3.39. The van der Waals surface area contributed by atoms with Gasteiger partial charge in [0.2, 0.25) is 0 Å². The van der Waals surface area contributed by atoms with Gasteiger partial charge in [0.1, 0.15) is 5.60 Å². The van der Waals surface area contributed by atoms with Gasteiger partial charge in [0.05, 0.1) is 125 Å². The van der Waals surface area contributed by atoms with E-state index in [-0.39, 0.29) is 13.0 Å². The van der Waals surface area contributed by atoms with E-state index in [4.69, 9.17) is 58.0 Å². The Labute approximate surface area is 284 Å². The predicted molar refractivity (Wildman–Crippen MR) is 174 cm³/mol. The van der Waals surface area contributed by atoms with Crippen LogP contribution in [0.2, 0.25) is 0 Å². The second-order valence-electron chi connectivity index (χ2n) is 10.9. The number of carboxylic acids is 1. The zero-order valence-corrected chi connectivity index (χ0v) is 29.1. The summed E-state index contributed by atoms with van der Waals surface area (Å²) in [6.45, 7) is 15.7. The van der Waals surface area contributed by atoms with Gasteiger partial charge in [0, 0.05) is 37.6 Å². The first-order chi connectivity index (χ1) is 23.2. The molecule has 0 aromatic rings. The molecule has 2 N–H and O–H groups in total. The normalized spacial score (nSPS) is 11.5. The lowest BCUT2D eigenvalue weighted by Gasteiger charge is -2.22. The maximum absolute atomic E-state index is 11.6. The molecular formula is C30H59N5O13. The van der Waals surface area contributed by atoms with Gasteiger partial charge in [-0.3, -0.25) is 9.69 Å². The van der Waals surface area contributed by atoms with Crippen LogP contribution in [0.5, 0.6) is 0 Å². The van der Waals surface area contributed by atoms with Gasteiger partial charge >= 0.3 is 12.1 Å². The smallest absolute Gasteiger partial charge is 0.407 e. The molecule has 0 saturated carbocycles. The van der Waals surface area contributed by atoms with Crippen molar-refractivity contribution in [2.75, 3.05) is 152 Å². The molecule has 18 heteroatoms. The summed E-state index contributed by atoms with van der Waals surface area (Å²) in [5.41, 5.74) is 7.69. The molecule has 0 saturated heterocycles. The fourth-order valence-corrected chi connectivity index (χ4v) is 3.39. The summed E-state index contributed by atoms with van der Waals surface area (Å²) in [4.78, 5) is 26.9. The van der Waals surface area contributed by atoms with Gasteiger partial charge in [0.15, 0.2) is 0 Å². The summed E-state index contributed by atoms with van der Waals surface area (Å²) < 4.78 is 54.6. The first-order valence-electron chi connectivity index (χ1n) is 16.4. The number of azide groups is 1. The third-order valence-electron chi connectivity index (χ3n) is 5.66. The Morgan fingerprint density at radius 3 is 1.40 bits per heavy atom. The Morgan fingerprint density at radius 2 is 1.00 bits per heavy atom. The maximum atomic E-state index is 11.6. The van der Waals surface area contributed by atoms with Crippen molar-refractivity contribution in [2.45, 2.75) is 32.8 Å². The highest BCUT2D eigenvalue weighted by Gasteiger charge is 2.15. The number of carbonyl (C=O) groups excluding carboxylic acids is 1. The van der Waals surface area contributed by atoms with Crippen LogP contribution in [0, 0.1) is 0 Å². The van der Waals surface area contributed by atoms with E-state index in [2.05, 4.69) is 20.2 Å². The van der Waals surface area contributed by atoms with Crippen molar-refractivity contribution in [1.29, 1.82) is 0 Å². The van der Waals surface area contributed by atoms with Gasteiger partial charge in [0.25, 0.3) is 0 Å². The molecule has 0 bridgehead atoms. The van der Waals surface area contributed by atoms with E-state index in [1.54, 1.807) is 20.8 Å². The molecule has 0 heterocycles. The molecule has 0 rings (SSSR count). The van der Waals surface area contributed by atoms with E-state index >= 15 is 0 Å². The Bertz CT molecular complexity index is 778. The minimum Gasteiger partial charge on any atom is -0.481 e. The van der Waals surface area contributed by atoms with E-state index in [1.807, 2.05) is 0 Å². The standard InChI is InChI=1S/C30H59N5O13/c1-30(2,3)48-29(38)32-5-11-40-17-23-46-26-20-43-14-8-35(7-13-42-19-25-45-22-16-39-10-4-28(36)37)9-15-44-21-27-47-24-18-41-12-6-33-34-31/h4-27H2,1-3H3,(H,32,38)(H,36,37). The topological polar surface area (TPSA) is 211 Å². The number of carboxylic acid groups (broad SMARTS) is 1. The van der Waals surface area contributed by atoms with E-state index < -0.39 is 17.7 Å². The first-order valence-corrected chi connectivity index (χ1v) is 16.4. The largest absolute Gasteiger partial charge is 0.481 e. The summed E-state index contributed by atoms with van der Waals surface area (Å²) in [5.74, 6) is -0.889. The van der Waals surface area contributed by atoms with Crippen LogP contribution in [0.4, 0.5) is 4.79 Å². The minimum atomic E-state index is -0.889. The molecule has 0 radical (unpaired) electrons. The number of amides is 1. The number of hydrogen-bond acceptors (Lipinski definition) is 14. The second-order valence-corrected chi connectivity index (χ2v) is 10.9. The molecule has 0 aromatic heterocycles. The Kier molecular flexibility index (Phi) is 32.8. The number of alkyl carbamates (subject to hydrolysis) is 1. The Hall–Kier alpha value is -2.35. The predicted octanol–water partition coefficient (Wildman–Crippen LogP) is 1.75. The second kappa shape index (κ2) is 34.5. The lowest BCUT2D eigenvalue weighted by atomic mass is 10.2. The molecular weight excluding hydrogens is 638 g/mol. The number of aliphatic carboxylic acids is 1. The summed E-state index contributed by atoms with van der Waals surface area (Å²) in [6, 6.07) is 0. The van der Waals surface area contributed by atoms with Crippen LogP contribution in [0.1, 0.15) is 27.2 Å². The number of nitrogens with one attached hydrogen (secondary N) is 1. The molecule has 0 aliphatic heterocycles. The van der Waals surface area contributed by atoms with Gasteiger partial charge in [-0.05, 0) is 26.3 Å². The van der Waals surface area contributed by atoms with Crippen molar-refractivity contribution < 1.29 is 62.1 Å². The number of hydrogen-bond donors (Lipinski definition) is 2. The van der Waals surface area contributed by atoms with Gasteiger partial charge in [-0.25, -0.2) is 4.79 Å². The lowest BCUT2D eigenvalue weighted by Crippen LogP contribution is -2.34. The van der Waals surface area contributed by atoms with E-state index in [9.17, 15) is 9.59 Å². The maximum Gasteiger partial charge on any atom is 0.407 e. The van der Waals surface area contributed by atoms with Crippen LogP contribution in [-0.2, 0) is 52.2 Å². The van der Waals surface area contributed by atoms with Gasteiger partial charge < -0.3 is 57.8 Å². The number of rotatable bonds is 36. The fraction of sp³-hybridized carbons (Fsp3) is 0.933. The number of ether oxygens (including phenoxy) is 10. The molecule has 0 unspecified atom stereocenters. The van der Waals surface area contributed by atoms with Crippen LogP contribution in [-0.4, -0.2) is 179 Å². The van der Waals surface area contributed by atoms with Crippen molar-refractivity contribution >= 4 is 12.1 Å². The number of carbonyl (C=O) groups is 2. The van der Waals surface area contributed by atoms with Crippen LogP contribution in [0.25, 0.3) is 10.4 Å². The number of nitrogens with zero attached hydrogens (tertiary/aromatic N) is 4. The average Bonchev–Trinajstić information content (AvgIpc) is 3.03. The zero-order valence-electron chi connectivity index (χ0n) is 29.1. The first kappa shape index (κ1) is 45.6. The summed E-state index contributed by atoms with van der Waals surface area (Å²) in [7, 11) is 0. The molecule has 0 atom stereocenters. The van der Waals surface area contributed by atoms with Crippen molar-refractivity contribution in [3.8, 4) is 0 Å². The average molecular weight is 698 g/mol. The van der Waals surface area contributed by atoms with Crippen LogP contribution >= 0.6 is 0 Å². The molecule has 48 heavy (non-hydrogen) atoms. The van der Waals surface area contributed by atoms with Gasteiger partial charge in [-0.1, -0.05) is 5.11 Å². The molecule has 1 amide bonds. The minimum absolute atomic E-state index is 0.0242. The molecule has 0 spiro atoms. The van der Waals surface area contributed by atoms with Gasteiger partial charge in [-0.2, -0.15) is 0 Å². The lowest BCUT2D eigenvalue weighted by molar-refractivity contribution is -0.138. The summed E-state index contributed by atoms with van der Waals surface area (Å²) in [5, 5.41) is 14.6. The van der Waals surface area contributed by atoms with Crippen molar-refractivity contribution in [3.63, 3.8) is 0 Å². The van der Waals surface area contributed by atoms with Gasteiger partial charge in [-0.15, -0.1) is 0 Å². The van der Waals surface area contributed by atoms with E-state index in [0.29, 0.717) is 145 Å². The van der Waals surface area contributed by atoms with Crippen molar-refractivity contribution in [2.24, 2.45) is 5.11 Å². The third kappa shape index (κ3) is 38.1. The monoisotopic (exact) mass is 697 g/mol. The van der Waals surface area contributed by atoms with Crippen LogP contribution in [0.15, 0.2) is 5.11 Å². The highest BCUT2D eigenvalue weighted by Crippen LogP contribution is 2.06. The quantitative estimate of drug-likeness (QED) is 0.0414. The molecule has 0 aromatic carbocycles. The van der Waals surface area contributed by atoms with E-state index in [0.717, 1.165) is 0 Å². The van der Waals surface area contributed by atoms with Crippen molar-refractivity contribution in [1.82, 2.24) is 10.2 Å². The highest BCUT2D eigenvalue weighted by atomic mass is 16.6. The highest BCUT2D eigenvalue weighted by molar-refractivity contribution is 5.67. The van der Waals surface area contributed by atoms with E-state index in [1.165, 1.54) is 0 Å². The molecule has 282 valence electrons. The summed E-state index contributed by atoms with van der Waals surface area (Å²) in [6.07, 6.45) is -0.494. The SMILES string of the molecule is CC(C)(C)OC(=O)NCCOCCOCCOCCN(CCOCCOCCOCCN=[N+]=[N-])CCOCCOCCOCCC(=O)O. The van der Waals surface area contributed by atoms with Crippen molar-refractivity contribution in [3.05, 3.63) is 10.4 Å². The van der Waals surface area contributed by atoms with Crippen LogP contribution in [0.3, 0.4) is 0 Å². The molecule has 18 nitrogen and oxygen atoms in total. The zero-order chi connectivity index (χ0) is 35.4. The Balaban J connectivity index is 4.00. The summed E-state index contributed by atoms with van der Waals surface area (Å²) >= 11 is 0. The molecule has 0 aliphatic rings. The Morgan fingerprint density at radius 1 is 0.625 bits per heavy atom.